The number of aliphatic hydroxyl groups excluding tert-OH is 1. The average molecular weight is 217 g/mol. The first kappa shape index (κ1) is 12.3. The number of carbonyl (C=O) groups is 1. The van der Waals surface area contributed by atoms with Crippen molar-refractivity contribution >= 4 is 6.16 Å². The van der Waals surface area contributed by atoms with Crippen molar-refractivity contribution in [3.05, 3.63) is 0 Å². The molecule has 0 aromatic rings. The molecule has 0 spiro atoms. The summed E-state index contributed by atoms with van der Waals surface area (Å²) in [5, 5.41) is 12.1. The van der Waals surface area contributed by atoms with Gasteiger partial charge in [-0.2, -0.15) is 0 Å². The van der Waals surface area contributed by atoms with Crippen molar-refractivity contribution in [2.75, 3.05) is 19.7 Å². The second kappa shape index (κ2) is 5.32. The molecule has 0 unspecified atom stereocenters. The maximum Gasteiger partial charge on any atom is 0.509 e. The number of piperidine rings is 1. The maximum absolute atomic E-state index is 11.3. The Labute approximate surface area is 89.8 Å². The van der Waals surface area contributed by atoms with Gasteiger partial charge in [-0.15, -0.1) is 0 Å². The molecule has 1 rings (SSSR count). The van der Waals surface area contributed by atoms with Gasteiger partial charge >= 0.3 is 6.16 Å². The SMILES string of the molecule is CC(C)(CO)OC(=O)OC1CCNCC1. The van der Waals surface area contributed by atoms with E-state index in [1.807, 2.05) is 0 Å². The molecule has 15 heavy (non-hydrogen) atoms. The van der Waals surface area contributed by atoms with E-state index in [0.717, 1.165) is 25.9 Å². The molecule has 0 saturated carbocycles. The van der Waals surface area contributed by atoms with E-state index >= 15 is 0 Å². The summed E-state index contributed by atoms with van der Waals surface area (Å²) >= 11 is 0. The van der Waals surface area contributed by atoms with Crippen molar-refractivity contribution in [1.29, 1.82) is 0 Å². The third-order valence-corrected chi connectivity index (χ3v) is 2.29. The molecular formula is C10H19NO4. The molecule has 0 aliphatic carbocycles. The van der Waals surface area contributed by atoms with Crippen LogP contribution in [0.3, 0.4) is 0 Å². The van der Waals surface area contributed by atoms with Crippen LogP contribution in [0.2, 0.25) is 0 Å². The quantitative estimate of drug-likeness (QED) is 0.680. The number of aliphatic hydroxyl groups is 1. The van der Waals surface area contributed by atoms with Crippen molar-refractivity contribution in [1.82, 2.24) is 5.32 Å². The molecule has 1 heterocycles. The monoisotopic (exact) mass is 217 g/mol. The predicted molar refractivity (Wildman–Crippen MR) is 54.6 cm³/mol. The van der Waals surface area contributed by atoms with Gasteiger partial charge in [-0.05, 0) is 39.8 Å². The molecule has 0 radical (unpaired) electrons. The molecule has 88 valence electrons. The van der Waals surface area contributed by atoms with Gasteiger partial charge in [-0.3, -0.25) is 0 Å². The van der Waals surface area contributed by atoms with Gasteiger partial charge in [0.2, 0.25) is 0 Å². The van der Waals surface area contributed by atoms with Gasteiger partial charge in [-0.1, -0.05) is 0 Å². The molecule has 0 bridgehead atoms. The van der Waals surface area contributed by atoms with Gasteiger partial charge < -0.3 is 19.9 Å². The van der Waals surface area contributed by atoms with Crippen LogP contribution >= 0.6 is 0 Å². The van der Waals surface area contributed by atoms with E-state index < -0.39 is 11.8 Å². The van der Waals surface area contributed by atoms with E-state index in [1.54, 1.807) is 13.8 Å². The summed E-state index contributed by atoms with van der Waals surface area (Å²) in [6.07, 6.45) is 0.873. The fourth-order valence-corrected chi connectivity index (χ4v) is 1.33. The lowest BCUT2D eigenvalue weighted by molar-refractivity contribution is -0.0591. The summed E-state index contributed by atoms with van der Waals surface area (Å²) in [6.45, 7) is 4.78. The molecule has 5 heteroatoms. The zero-order valence-corrected chi connectivity index (χ0v) is 9.28. The smallest absolute Gasteiger partial charge is 0.431 e. The maximum atomic E-state index is 11.3. The first-order chi connectivity index (χ1) is 7.03. The Bertz CT molecular complexity index is 211. The van der Waals surface area contributed by atoms with Crippen LogP contribution in [0.5, 0.6) is 0 Å². The molecule has 2 N–H and O–H groups in total. The van der Waals surface area contributed by atoms with Crippen molar-refractivity contribution in [2.24, 2.45) is 0 Å². The van der Waals surface area contributed by atoms with E-state index in [2.05, 4.69) is 5.32 Å². The zero-order valence-electron chi connectivity index (χ0n) is 9.28. The Morgan fingerprint density at radius 3 is 2.60 bits per heavy atom. The summed E-state index contributed by atoms with van der Waals surface area (Å²) in [5.74, 6) is 0. The highest BCUT2D eigenvalue weighted by Gasteiger charge is 2.25. The van der Waals surface area contributed by atoms with Crippen LogP contribution in [-0.4, -0.2) is 42.7 Å². The van der Waals surface area contributed by atoms with Crippen LogP contribution < -0.4 is 5.32 Å². The second-order valence-electron chi connectivity index (χ2n) is 4.34. The minimum Gasteiger partial charge on any atom is -0.431 e. The van der Waals surface area contributed by atoms with Crippen molar-refractivity contribution in [3.8, 4) is 0 Å². The molecule has 1 aliphatic rings. The van der Waals surface area contributed by atoms with Crippen molar-refractivity contribution < 1.29 is 19.4 Å². The minimum absolute atomic E-state index is 0.0618. The topological polar surface area (TPSA) is 67.8 Å². The van der Waals surface area contributed by atoms with E-state index in [1.165, 1.54) is 0 Å². The third kappa shape index (κ3) is 4.48. The molecule has 0 amide bonds. The fraction of sp³-hybridized carbons (Fsp3) is 0.900. The summed E-state index contributed by atoms with van der Waals surface area (Å²) in [6, 6.07) is 0. The van der Waals surface area contributed by atoms with Gasteiger partial charge in [0, 0.05) is 0 Å². The lowest BCUT2D eigenvalue weighted by Gasteiger charge is -2.26. The molecule has 0 aromatic heterocycles. The summed E-state index contributed by atoms with van der Waals surface area (Å²) in [7, 11) is 0. The fourth-order valence-electron chi connectivity index (χ4n) is 1.33. The number of hydrogen-bond acceptors (Lipinski definition) is 5. The molecule has 5 nitrogen and oxygen atoms in total. The van der Waals surface area contributed by atoms with Crippen molar-refractivity contribution in [3.63, 3.8) is 0 Å². The highest BCUT2D eigenvalue weighted by Crippen LogP contribution is 2.13. The molecule has 0 atom stereocenters. The number of rotatable bonds is 3. The molecule has 1 fully saturated rings. The number of nitrogens with one attached hydrogen (secondary N) is 1. The lowest BCUT2D eigenvalue weighted by Crippen LogP contribution is -2.37. The molecule has 0 aromatic carbocycles. The molecule has 1 saturated heterocycles. The summed E-state index contributed by atoms with van der Waals surface area (Å²) < 4.78 is 10.1. The summed E-state index contributed by atoms with van der Waals surface area (Å²) in [5.41, 5.74) is -0.871. The van der Waals surface area contributed by atoms with Crippen LogP contribution in [0.15, 0.2) is 0 Å². The van der Waals surface area contributed by atoms with Crippen molar-refractivity contribution in [2.45, 2.75) is 38.4 Å². The van der Waals surface area contributed by atoms with Gasteiger partial charge in [0.1, 0.15) is 11.7 Å². The Morgan fingerprint density at radius 1 is 1.47 bits per heavy atom. The lowest BCUT2D eigenvalue weighted by atomic mass is 10.1. The standard InChI is InChI=1S/C10H19NO4/c1-10(2,7-12)15-9(13)14-8-3-5-11-6-4-8/h8,11-12H,3-7H2,1-2H3. The second-order valence-corrected chi connectivity index (χ2v) is 4.34. The van der Waals surface area contributed by atoms with Crippen LogP contribution in [0.1, 0.15) is 26.7 Å². The largest absolute Gasteiger partial charge is 0.509 e. The van der Waals surface area contributed by atoms with Crippen LogP contribution in [0.25, 0.3) is 0 Å². The predicted octanol–water partition coefficient (Wildman–Crippen LogP) is 0.662. The molecule has 1 aliphatic heterocycles. The normalized spacial score (nSPS) is 18.6. The van der Waals surface area contributed by atoms with Gasteiger partial charge in [0.25, 0.3) is 0 Å². The Balaban J connectivity index is 2.28. The summed E-state index contributed by atoms with van der Waals surface area (Å²) in [4.78, 5) is 11.3. The first-order valence-corrected chi connectivity index (χ1v) is 5.25. The minimum atomic E-state index is -0.871. The number of ether oxygens (including phenoxy) is 2. The average Bonchev–Trinajstić information content (AvgIpc) is 2.18. The number of carbonyl (C=O) groups excluding carboxylic acids is 1. The highest BCUT2D eigenvalue weighted by atomic mass is 16.7. The van der Waals surface area contributed by atoms with Gasteiger partial charge in [0.15, 0.2) is 0 Å². The molecular weight excluding hydrogens is 198 g/mol. The van der Waals surface area contributed by atoms with Gasteiger partial charge in [-0.25, -0.2) is 4.79 Å². The van der Waals surface area contributed by atoms with Gasteiger partial charge in [0.05, 0.1) is 6.61 Å². The van der Waals surface area contributed by atoms with E-state index in [-0.39, 0.29) is 12.7 Å². The van der Waals surface area contributed by atoms with Crippen LogP contribution in [-0.2, 0) is 9.47 Å². The Kier molecular flexibility index (Phi) is 4.35. The van der Waals surface area contributed by atoms with E-state index in [9.17, 15) is 4.79 Å². The Morgan fingerprint density at radius 2 is 2.07 bits per heavy atom. The Hall–Kier alpha value is -0.810. The zero-order chi connectivity index (χ0) is 11.3. The highest BCUT2D eigenvalue weighted by molar-refractivity contribution is 5.60. The van der Waals surface area contributed by atoms with Crippen LogP contribution in [0, 0.1) is 0 Å². The van der Waals surface area contributed by atoms with Crippen LogP contribution in [0.4, 0.5) is 4.79 Å². The first-order valence-electron chi connectivity index (χ1n) is 5.25. The van der Waals surface area contributed by atoms with E-state index in [0.29, 0.717) is 0 Å². The van der Waals surface area contributed by atoms with E-state index in [4.69, 9.17) is 14.6 Å². The number of hydrogen-bond donors (Lipinski definition) is 2. The third-order valence-electron chi connectivity index (χ3n) is 2.29.